The summed E-state index contributed by atoms with van der Waals surface area (Å²) in [4.78, 5) is 24.1. The lowest BCUT2D eigenvalue weighted by molar-refractivity contribution is -0.127. The van der Waals surface area contributed by atoms with Gasteiger partial charge in [0.15, 0.2) is 0 Å². The first-order valence-corrected chi connectivity index (χ1v) is 11.6. The first kappa shape index (κ1) is 22.9. The molecule has 0 saturated carbocycles. The number of amides is 2. The molecule has 3 rings (SSSR count). The van der Waals surface area contributed by atoms with Crippen LogP contribution in [0.1, 0.15) is 31.4 Å². The molecule has 1 aliphatic heterocycles. The molecule has 166 valence electrons. The molecule has 0 bridgehead atoms. The highest BCUT2D eigenvalue weighted by Gasteiger charge is 2.34. The van der Waals surface area contributed by atoms with Crippen molar-refractivity contribution in [2.24, 2.45) is 5.92 Å². The molecule has 1 heterocycles. The first-order chi connectivity index (χ1) is 14.8. The number of sulfonamides is 1. The second-order valence-electron chi connectivity index (χ2n) is 7.56. The Balaban J connectivity index is 1.68. The van der Waals surface area contributed by atoms with E-state index in [4.69, 9.17) is 0 Å². The summed E-state index contributed by atoms with van der Waals surface area (Å²) in [7, 11) is -3.77. The molecule has 0 spiro atoms. The smallest absolute Gasteiger partial charge is 0.243 e. The van der Waals surface area contributed by atoms with E-state index in [1.807, 2.05) is 30.3 Å². The van der Waals surface area contributed by atoms with Crippen LogP contribution in [0.25, 0.3) is 0 Å². The fourth-order valence-corrected chi connectivity index (χ4v) is 5.17. The lowest BCUT2D eigenvalue weighted by Crippen LogP contribution is -2.46. The minimum Gasteiger partial charge on any atom is -0.394 e. The molecule has 0 aromatic heterocycles. The molecule has 9 heteroatoms. The van der Waals surface area contributed by atoms with Gasteiger partial charge in [-0.3, -0.25) is 9.59 Å². The molecule has 2 unspecified atom stereocenters. The number of hydrogen-bond acceptors (Lipinski definition) is 5. The van der Waals surface area contributed by atoms with Crippen LogP contribution in [0.5, 0.6) is 0 Å². The number of benzene rings is 2. The number of rotatable bonds is 7. The van der Waals surface area contributed by atoms with Gasteiger partial charge in [-0.25, -0.2) is 8.42 Å². The van der Waals surface area contributed by atoms with Crippen molar-refractivity contribution in [3.8, 4) is 0 Å². The van der Waals surface area contributed by atoms with E-state index in [2.05, 4.69) is 10.6 Å². The summed E-state index contributed by atoms with van der Waals surface area (Å²) in [6.07, 6.45) is 1.14. The predicted molar refractivity (Wildman–Crippen MR) is 117 cm³/mol. The van der Waals surface area contributed by atoms with Crippen molar-refractivity contribution >= 4 is 27.5 Å². The van der Waals surface area contributed by atoms with Gasteiger partial charge in [0.25, 0.3) is 0 Å². The van der Waals surface area contributed by atoms with Crippen molar-refractivity contribution in [1.82, 2.24) is 9.62 Å². The van der Waals surface area contributed by atoms with Crippen LogP contribution in [0.2, 0.25) is 0 Å². The van der Waals surface area contributed by atoms with Crippen molar-refractivity contribution in [3.63, 3.8) is 0 Å². The number of piperidine rings is 1. The highest BCUT2D eigenvalue weighted by molar-refractivity contribution is 7.89. The molecule has 31 heavy (non-hydrogen) atoms. The third-order valence-corrected chi connectivity index (χ3v) is 7.15. The third-order valence-electron chi connectivity index (χ3n) is 5.27. The Kier molecular flexibility index (Phi) is 7.42. The molecule has 8 nitrogen and oxygen atoms in total. The average Bonchev–Trinajstić information content (AvgIpc) is 2.78. The Hall–Kier alpha value is -2.75. The van der Waals surface area contributed by atoms with Crippen LogP contribution >= 0.6 is 0 Å². The summed E-state index contributed by atoms with van der Waals surface area (Å²) in [5, 5.41) is 15.1. The Morgan fingerprint density at radius 2 is 1.81 bits per heavy atom. The Labute approximate surface area is 182 Å². The molecular weight excluding hydrogens is 418 g/mol. The van der Waals surface area contributed by atoms with E-state index in [0.29, 0.717) is 25.1 Å². The van der Waals surface area contributed by atoms with E-state index in [1.54, 1.807) is 0 Å². The van der Waals surface area contributed by atoms with Gasteiger partial charge in [-0.2, -0.15) is 4.31 Å². The number of anilines is 1. The van der Waals surface area contributed by atoms with Gasteiger partial charge in [-0.05, 0) is 42.7 Å². The van der Waals surface area contributed by atoms with E-state index >= 15 is 0 Å². The van der Waals surface area contributed by atoms with E-state index in [1.165, 1.54) is 35.5 Å². The number of nitrogens with zero attached hydrogens (tertiary/aromatic N) is 1. The lowest BCUT2D eigenvalue weighted by atomic mass is 9.97. The Morgan fingerprint density at radius 3 is 2.42 bits per heavy atom. The summed E-state index contributed by atoms with van der Waals surface area (Å²) in [6.45, 7) is 1.55. The summed E-state index contributed by atoms with van der Waals surface area (Å²) in [5.41, 5.74) is 1.30. The van der Waals surface area contributed by atoms with Crippen LogP contribution in [-0.4, -0.2) is 49.3 Å². The zero-order chi connectivity index (χ0) is 22.4. The van der Waals surface area contributed by atoms with Crippen molar-refractivity contribution in [1.29, 1.82) is 0 Å². The molecule has 2 atom stereocenters. The molecule has 3 N–H and O–H groups in total. The Morgan fingerprint density at radius 1 is 1.13 bits per heavy atom. The topological polar surface area (TPSA) is 116 Å². The lowest BCUT2D eigenvalue weighted by Gasteiger charge is -2.32. The van der Waals surface area contributed by atoms with E-state index in [0.717, 1.165) is 5.56 Å². The van der Waals surface area contributed by atoms with E-state index < -0.39 is 22.0 Å². The van der Waals surface area contributed by atoms with Crippen LogP contribution < -0.4 is 10.6 Å². The monoisotopic (exact) mass is 445 g/mol. The fraction of sp³-hybridized carbons (Fsp3) is 0.364. The average molecular weight is 446 g/mol. The van der Waals surface area contributed by atoms with Gasteiger partial charge < -0.3 is 15.7 Å². The molecule has 1 aliphatic rings. The standard InChI is InChI=1S/C22H27N3O5S/c1-16(27)23-19-9-11-20(12-10-19)31(29,30)25-13-5-8-18(14-25)22(28)24-21(15-26)17-6-3-2-4-7-17/h2-4,6-7,9-12,18,21,26H,5,8,13-15H2,1H3,(H,23,27)(H,24,28). The second kappa shape index (κ2) is 10.0. The van der Waals surface area contributed by atoms with Crippen LogP contribution in [0.15, 0.2) is 59.5 Å². The molecular formula is C22H27N3O5S. The van der Waals surface area contributed by atoms with E-state index in [9.17, 15) is 23.1 Å². The maximum absolute atomic E-state index is 13.1. The Bertz CT molecular complexity index is 1010. The van der Waals surface area contributed by atoms with E-state index in [-0.39, 0.29) is 29.9 Å². The predicted octanol–water partition coefficient (Wildman–Crippen LogP) is 1.90. The molecule has 0 radical (unpaired) electrons. The van der Waals surface area contributed by atoms with Gasteiger partial charge in [-0.1, -0.05) is 30.3 Å². The normalized spacial score (nSPS) is 18.2. The molecule has 1 fully saturated rings. The maximum Gasteiger partial charge on any atom is 0.243 e. The largest absolute Gasteiger partial charge is 0.394 e. The molecule has 1 saturated heterocycles. The fourth-order valence-electron chi connectivity index (χ4n) is 3.65. The van der Waals surface area contributed by atoms with Gasteiger partial charge in [0, 0.05) is 25.7 Å². The van der Waals surface area contributed by atoms with Crippen molar-refractivity contribution < 1.29 is 23.1 Å². The van der Waals surface area contributed by atoms with Crippen LogP contribution in [0.4, 0.5) is 5.69 Å². The third kappa shape index (κ3) is 5.69. The zero-order valence-corrected chi connectivity index (χ0v) is 18.1. The minimum absolute atomic E-state index is 0.0779. The van der Waals surface area contributed by atoms with Crippen LogP contribution in [-0.2, 0) is 19.6 Å². The highest BCUT2D eigenvalue weighted by Crippen LogP contribution is 2.25. The number of carbonyl (C=O) groups excluding carboxylic acids is 2. The summed E-state index contributed by atoms with van der Waals surface area (Å²) in [6, 6.07) is 14.6. The first-order valence-electron chi connectivity index (χ1n) is 10.1. The number of nitrogens with one attached hydrogen (secondary N) is 2. The van der Waals surface area contributed by atoms with Gasteiger partial charge in [-0.15, -0.1) is 0 Å². The SMILES string of the molecule is CC(=O)Nc1ccc(S(=O)(=O)N2CCCC(C(=O)NC(CO)c3ccccc3)C2)cc1. The number of carbonyl (C=O) groups is 2. The van der Waals surface area contributed by atoms with Crippen LogP contribution in [0.3, 0.4) is 0 Å². The van der Waals surface area contributed by atoms with Crippen molar-refractivity contribution in [2.75, 3.05) is 25.0 Å². The van der Waals surface area contributed by atoms with Crippen LogP contribution in [0, 0.1) is 5.92 Å². The minimum atomic E-state index is -3.77. The second-order valence-corrected chi connectivity index (χ2v) is 9.50. The zero-order valence-electron chi connectivity index (χ0n) is 17.3. The van der Waals surface area contributed by atoms with Crippen molar-refractivity contribution in [3.05, 3.63) is 60.2 Å². The van der Waals surface area contributed by atoms with Gasteiger partial charge in [0.05, 0.1) is 23.5 Å². The summed E-state index contributed by atoms with van der Waals surface area (Å²) in [5.74, 6) is -1.01. The molecule has 2 amide bonds. The maximum atomic E-state index is 13.1. The molecule has 2 aromatic carbocycles. The van der Waals surface area contributed by atoms with Crippen molar-refractivity contribution in [2.45, 2.75) is 30.7 Å². The number of hydrogen-bond donors (Lipinski definition) is 3. The van der Waals surface area contributed by atoms with Gasteiger partial charge >= 0.3 is 0 Å². The number of aliphatic hydroxyl groups is 1. The quantitative estimate of drug-likeness (QED) is 0.602. The summed E-state index contributed by atoms with van der Waals surface area (Å²) < 4.78 is 27.4. The molecule has 2 aromatic rings. The van der Waals surface area contributed by atoms with Gasteiger partial charge in [0.2, 0.25) is 21.8 Å². The summed E-state index contributed by atoms with van der Waals surface area (Å²) >= 11 is 0. The molecule has 0 aliphatic carbocycles. The number of aliphatic hydroxyl groups excluding tert-OH is 1. The van der Waals surface area contributed by atoms with Gasteiger partial charge in [0.1, 0.15) is 0 Å². The highest BCUT2D eigenvalue weighted by atomic mass is 32.2.